The van der Waals surface area contributed by atoms with Crippen molar-refractivity contribution in [3.8, 4) is 0 Å². The average Bonchev–Trinajstić information content (AvgIpc) is 2.89. The monoisotopic (exact) mass is 519 g/mol. The zero-order valence-electron chi connectivity index (χ0n) is 24.2. The topological polar surface area (TPSA) is 77.8 Å². The van der Waals surface area contributed by atoms with Crippen molar-refractivity contribution in [1.29, 1.82) is 0 Å². The van der Waals surface area contributed by atoms with E-state index in [1.807, 2.05) is 25.1 Å². The molecule has 1 aliphatic rings. The summed E-state index contributed by atoms with van der Waals surface area (Å²) < 4.78 is 0. The lowest BCUT2D eigenvalue weighted by Gasteiger charge is -2.35. The molecule has 2 N–H and O–H groups in total. The highest BCUT2D eigenvalue weighted by Crippen LogP contribution is 2.40. The molecule has 1 amide bonds. The van der Waals surface area contributed by atoms with Crippen LogP contribution >= 0.6 is 0 Å². The lowest BCUT2D eigenvalue weighted by Crippen LogP contribution is -2.50. The number of benzene rings is 2. The molecule has 0 atom stereocenters. The van der Waals surface area contributed by atoms with Gasteiger partial charge < -0.3 is 15.1 Å². The maximum absolute atomic E-state index is 13.2. The summed E-state index contributed by atoms with van der Waals surface area (Å²) in [6, 6.07) is 12.6. The number of nitrogens with zero attached hydrogens (tertiary/aromatic N) is 1. The van der Waals surface area contributed by atoms with Crippen LogP contribution in [0.2, 0.25) is 0 Å². The maximum Gasteiger partial charge on any atom is 0.329 e. The molecule has 0 unspecified atom stereocenters. The Morgan fingerprint density at radius 1 is 0.947 bits per heavy atom. The largest absolute Gasteiger partial charge is 0.480 e. The first kappa shape index (κ1) is 29.6. The molecule has 0 aromatic heterocycles. The van der Waals surface area contributed by atoms with Gasteiger partial charge in [0.05, 0.1) is 5.60 Å². The lowest BCUT2D eigenvalue weighted by molar-refractivity contribution is -0.147. The van der Waals surface area contributed by atoms with Crippen molar-refractivity contribution in [3.05, 3.63) is 75.9 Å². The third-order valence-electron chi connectivity index (χ3n) is 9.00. The minimum atomic E-state index is -1.31. The van der Waals surface area contributed by atoms with Crippen LogP contribution in [0.5, 0.6) is 0 Å². The highest BCUT2D eigenvalue weighted by Gasteiger charge is 2.37. The third-order valence-corrected chi connectivity index (χ3v) is 9.00. The minimum absolute atomic E-state index is 0.215. The molecule has 0 bridgehead atoms. The second-order valence-electron chi connectivity index (χ2n) is 11.6. The summed E-state index contributed by atoms with van der Waals surface area (Å²) in [7, 11) is 1.54. The number of carbonyl (C=O) groups is 2. The fourth-order valence-corrected chi connectivity index (χ4v) is 5.75. The Kier molecular flexibility index (Phi) is 8.93. The smallest absolute Gasteiger partial charge is 0.329 e. The predicted octanol–water partition coefficient (Wildman–Crippen LogP) is 7.05. The zero-order chi connectivity index (χ0) is 28.3. The van der Waals surface area contributed by atoms with E-state index in [-0.39, 0.29) is 11.3 Å². The second-order valence-corrected chi connectivity index (χ2v) is 11.6. The van der Waals surface area contributed by atoms with Gasteiger partial charge in [0, 0.05) is 18.0 Å². The fourth-order valence-electron chi connectivity index (χ4n) is 5.75. The molecular formula is C33H45NO4. The molecule has 2 aromatic rings. The summed E-state index contributed by atoms with van der Waals surface area (Å²) >= 11 is 0. The summed E-state index contributed by atoms with van der Waals surface area (Å²) in [5.74, 6) is -1.34. The molecule has 1 fully saturated rings. The highest BCUT2D eigenvalue weighted by molar-refractivity contribution is 5.98. The van der Waals surface area contributed by atoms with Crippen LogP contribution in [-0.4, -0.2) is 45.2 Å². The van der Waals surface area contributed by atoms with E-state index in [2.05, 4.69) is 51.1 Å². The number of hydrogen-bond donors (Lipinski definition) is 2. The second kappa shape index (κ2) is 11.4. The Morgan fingerprint density at radius 2 is 1.50 bits per heavy atom. The van der Waals surface area contributed by atoms with Crippen LogP contribution in [0, 0.1) is 13.8 Å². The average molecular weight is 520 g/mol. The molecule has 206 valence electrons. The van der Waals surface area contributed by atoms with E-state index >= 15 is 0 Å². The SMILES string of the molecule is CCC(CC)(c1ccc(C=CC2(O)CCCCC2)c(C)c1)c1ccc(C(=O)N(C)C(C)(C)C(=O)O)c(C)c1. The minimum Gasteiger partial charge on any atom is -0.480 e. The summed E-state index contributed by atoms with van der Waals surface area (Å²) in [6.45, 7) is 11.5. The van der Waals surface area contributed by atoms with Crippen LogP contribution < -0.4 is 0 Å². The fraction of sp³-hybridized carbons (Fsp3) is 0.515. The molecule has 5 nitrogen and oxygen atoms in total. The maximum atomic E-state index is 13.2. The van der Waals surface area contributed by atoms with Gasteiger partial charge in [0.1, 0.15) is 5.54 Å². The number of aliphatic hydroxyl groups is 1. The van der Waals surface area contributed by atoms with Crippen LogP contribution in [-0.2, 0) is 10.2 Å². The summed E-state index contributed by atoms with van der Waals surface area (Å²) in [4.78, 5) is 26.2. The van der Waals surface area contributed by atoms with Gasteiger partial charge in [-0.2, -0.15) is 0 Å². The van der Waals surface area contributed by atoms with E-state index < -0.39 is 17.1 Å². The van der Waals surface area contributed by atoms with Crippen molar-refractivity contribution in [2.24, 2.45) is 0 Å². The van der Waals surface area contributed by atoms with E-state index in [1.165, 1.54) is 43.3 Å². The van der Waals surface area contributed by atoms with Gasteiger partial charge in [-0.15, -0.1) is 0 Å². The first-order chi connectivity index (χ1) is 17.8. The quantitative estimate of drug-likeness (QED) is 0.372. The van der Waals surface area contributed by atoms with Gasteiger partial charge in [-0.05, 0) is 87.3 Å². The van der Waals surface area contributed by atoms with Gasteiger partial charge in [-0.3, -0.25) is 4.79 Å². The van der Waals surface area contributed by atoms with E-state index in [0.717, 1.165) is 55.2 Å². The Morgan fingerprint density at radius 3 is 2.00 bits per heavy atom. The van der Waals surface area contributed by atoms with Crippen molar-refractivity contribution >= 4 is 18.0 Å². The molecule has 1 aliphatic carbocycles. The van der Waals surface area contributed by atoms with Gasteiger partial charge >= 0.3 is 5.97 Å². The van der Waals surface area contributed by atoms with Crippen LogP contribution in [0.4, 0.5) is 0 Å². The molecule has 0 spiro atoms. The number of carbonyl (C=O) groups excluding carboxylic acids is 1. The first-order valence-electron chi connectivity index (χ1n) is 14.0. The lowest BCUT2D eigenvalue weighted by atomic mass is 9.69. The Hall–Kier alpha value is -2.92. The number of rotatable bonds is 9. The van der Waals surface area contributed by atoms with Gasteiger partial charge in [-0.25, -0.2) is 4.79 Å². The van der Waals surface area contributed by atoms with Crippen molar-refractivity contribution in [1.82, 2.24) is 4.90 Å². The molecule has 1 saturated carbocycles. The molecule has 38 heavy (non-hydrogen) atoms. The number of hydrogen-bond acceptors (Lipinski definition) is 3. The summed E-state index contributed by atoms with van der Waals surface area (Å²) in [5, 5.41) is 20.4. The number of carboxylic acid groups (broad SMARTS) is 1. The van der Waals surface area contributed by atoms with E-state index in [4.69, 9.17) is 0 Å². The van der Waals surface area contributed by atoms with Crippen LogP contribution in [0.1, 0.15) is 111 Å². The van der Waals surface area contributed by atoms with Gasteiger partial charge in [-0.1, -0.05) is 75.6 Å². The number of carboxylic acids is 1. The number of amides is 1. The molecule has 0 saturated heterocycles. The van der Waals surface area contributed by atoms with Crippen molar-refractivity contribution in [2.75, 3.05) is 7.05 Å². The number of aryl methyl sites for hydroxylation is 2. The van der Waals surface area contributed by atoms with Gasteiger partial charge in [0.25, 0.3) is 5.91 Å². The van der Waals surface area contributed by atoms with Crippen molar-refractivity contribution in [3.63, 3.8) is 0 Å². The van der Waals surface area contributed by atoms with E-state index in [1.54, 1.807) is 0 Å². The van der Waals surface area contributed by atoms with E-state index in [9.17, 15) is 19.8 Å². The Balaban J connectivity index is 1.95. The van der Waals surface area contributed by atoms with Crippen LogP contribution in [0.25, 0.3) is 6.08 Å². The molecule has 3 rings (SSSR count). The molecule has 0 radical (unpaired) electrons. The van der Waals surface area contributed by atoms with Gasteiger partial charge in [0.15, 0.2) is 0 Å². The normalized spacial score (nSPS) is 16.0. The van der Waals surface area contributed by atoms with Crippen LogP contribution in [0.3, 0.4) is 0 Å². The summed E-state index contributed by atoms with van der Waals surface area (Å²) in [5.41, 5.74) is 3.82. The van der Waals surface area contributed by atoms with Gasteiger partial charge in [0.2, 0.25) is 0 Å². The first-order valence-corrected chi connectivity index (χ1v) is 14.0. The number of likely N-dealkylation sites (N-methyl/N-ethyl adjacent to an activating group) is 1. The molecule has 0 aliphatic heterocycles. The Bertz CT molecular complexity index is 1200. The van der Waals surface area contributed by atoms with E-state index in [0.29, 0.717) is 5.56 Å². The molecule has 0 heterocycles. The summed E-state index contributed by atoms with van der Waals surface area (Å²) in [6.07, 6.45) is 10.9. The predicted molar refractivity (Wildman–Crippen MR) is 155 cm³/mol. The zero-order valence-corrected chi connectivity index (χ0v) is 24.2. The van der Waals surface area contributed by atoms with Crippen molar-refractivity contribution in [2.45, 2.75) is 103 Å². The molecular weight excluding hydrogens is 474 g/mol. The third kappa shape index (κ3) is 5.73. The molecule has 5 heteroatoms. The molecule has 2 aromatic carbocycles. The number of aliphatic carboxylic acids is 1. The standard InChI is InChI=1S/C33H45NO4/c1-8-33(9-2,26-14-13-25(23(3)21-26)17-20-32(38)18-11-10-12-19-32)27-15-16-28(24(4)22-27)29(35)34(7)31(5,6)30(36)37/h13-17,20-22,38H,8-12,18-19H2,1-7H3,(H,36,37). The highest BCUT2D eigenvalue weighted by atomic mass is 16.4. The van der Waals surface area contributed by atoms with Crippen LogP contribution in [0.15, 0.2) is 42.5 Å². The van der Waals surface area contributed by atoms with Crippen molar-refractivity contribution < 1.29 is 19.8 Å². The Labute approximate surface area is 228 Å².